The topological polar surface area (TPSA) is 32.9 Å². The van der Waals surface area contributed by atoms with Gasteiger partial charge in [0.1, 0.15) is 0 Å². The summed E-state index contributed by atoms with van der Waals surface area (Å²) in [5, 5.41) is 2.11. The zero-order chi connectivity index (χ0) is 11.7. The molecule has 0 fully saturated rings. The van der Waals surface area contributed by atoms with Gasteiger partial charge in [0.2, 0.25) is 5.56 Å². The molecule has 0 aliphatic carbocycles. The summed E-state index contributed by atoms with van der Waals surface area (Å²) in [4.78, 5) is 14.5. The van der Waals surface area contributed by atoms with Crippen molar-refractivity contribution in [2.75, 3.05) is 0 Å². The van der Waals surface area contributed by atoms with E-state index in [2.05, 4.69) is 24.2 Å². The summed E-state index contributed by atoms with van der Waals surface area (Å²) in [7, 11) is 0. The van der Waals surface area contributed by atoms with Gasteiger partial charge in [-0.2, -0.15) is 0 Å². The fourth-order valence-corrected chi connectivity index (χ4v) is 2.90. The number of hydrogen-bond acceptors (Lipinski definition) is 2. The smallest absolute Gasteiger partial charge is 0.248 e. The fraction of sp³-hybridized carbons (Fsp3) is 0.462. The van der Waals surface area contributed by atoms with E-state index < -0.39 is 0 Å². The third kappa shape index (κ3) is 2.19. The molecule has 0 saturated carbocycles. The van der Waals surface area contributed by atoms with Crippen molar-refractivity contribution in [2.45, 2.75) is 33.6 Å². The highest BCUT2D eigenvalue weighted by molar-refractivity contribution is 7.17. The highest BCUT2D eigenvalue weighted by Gasteiger charge is 2.08. The molecule has 2 nitrogen and oxygen atoms in total. The Kier molecular flexibility index (Phi) is 3.15. The van der Waals surface area contributed by atoms with Crippen LogP contribution in [0.4, 0.5) is 0 Å². The number of rotatable bonds is 3. The third-order valence-electron chi connectivity index (χ3n) is 2.81. The molecule has 0 spiro atoms. The van der Waals surface area contributed by atoms with Gasteiger partial charge in [-0.3, -0.25) is 4.79 Å². The Bertz CT molecular complexity index is 551. The zero-order valence-corrected chi connectivity index (χ0v) is 10.8. The van der Waals surface area contributed by atoms with Crippen molar-refractivity contribution in [3.63, 3.8) is 0 Å². The molecule has 0 aromatic carbocycles. The first kappa shape index (κ1) is 11.4. The molecule has 1 N–H and O–H groups in total. The molecule has 86 valence electrons. The number of H-pyrrole nitrogens is 1. The first-order valence-electron chi connectivity index (χ1n) is 5.68. The van der Waals surface area contributed by atoms with E-state index in [-0.39, 0.29) is 5.56 Å². The van der Waals surface area contributed by atoms with Gasteiger partial charge in [0.05, 0.1) is 10.2 Å². The van der Waals surface area contributed by atoms with Gasteiger partial charge in [0.25, 0.3) is 0 Å². The van der Waals surface area contributed by atoms with Crippen LogP contribution in [-0.2, 0) is 6.42 Å². The van der Waals surface area contributed by atoms with Gasteiger partial charge >= 0.3 is 0 Å². The average Bonchev–Trinajstić information content (AvgIpc) is 2.57. The quantitative estimate of drug-likeness (QED) is 0.868. The molecule has 0 radical (unpaired) electrons. The number of aryl methyl sites for hydroxylation is 2. The van der Waals surface area contributed by atoms with Crippen LogP contribution in [0.25, 0.3) is 10.2 Å². The van der Waals surface area contributed by atoms with Crippen LogP contribution in [0.15, 0.2) is 16.2 Å². The van der Waals surface area contributed by atoms with Crippen LogP contribution in [0, 0.1) is 12.8 Å². The molecular weight excluding hydrogens is 218 g/mol. The molecule has 0 amide bonds. The van der Waals surface area contributed by atoms with Crippen LogP contribution in [0.3, 0.4) is 0 Å². The number of hydrogen-bond donors (Lipinski definition) is 1. The summed E-state index contributed by atoms with van der Waals surface area (Å²) < 4.78 is 1.25. The second-order valence-electron chi connectivity index (χ2n) is 4.71. The predicted molar refractivity (Wildman–Crippen MR) is 70.3 cm³/mol. The molecule has 0 bridgehead atoms. The molecular formula is C13H17NOS. The zero-order valence-electron chi connectivity index (χ0n) is 9.96. The first-order valence-corrected chi connectivity index (χ1v) is 6.56. The molecule has 0 aliphatic heterocycles. The predicted octanol–water partition coefficient (Wildman–Crippen LogP) is 3.49. The van der Waals surface area contributed by atoms with Gasteiger partial charge < -0.3 is 4.98 Å². The minimum atomic E-state index is 0.0211. The lowest BCUT2D eigenvalue weighted by Gasteiger charge is -2.05. The maximum absolute atomic E-state index is 11.5. The molecule has 2 aromatic heterocycles. The molecule has 2 aromatic rings. The number of pyridine rings is 1. The van der Waals surface area contributed by atoms with Crippen molar-refractivity contribution in [3.05, 3.63) is 32.9 Å². The molecule has 16 heavy (non-hydrogen) atoms. The van der Waals surface area contributed by atoms with Gasteiger partial charge in [-0.1, -0.05) is 13.8 Å². The van der Waals surface area contributed by atoms with E-state index in [9.17, 15) is 4.79 Å². The third-order valence-corrected chi connectivity index (χ3v) is 3.98. The Balaban J connectivity index is 2.47. The standard InChI is InChI=1S/C13H17NOS/c1-8(2)4-5-10-6-11(15)14-12-9(3)7-16-13(10)12/h6-8H,4-5H2,1-3H3,(H,14,15). The second-order valence-corrected chi connectivity index (χ2v) is 5.59. The normalized spacial score (nSPS) is 11.5. The van der Waals surface area contributed by atoms with Crippen LogP contribution in [0.1, 0.15) is 31.4 Å². The van der Waals surface area contributed by atoms with Crippen LogP contribution < -0.4 is 5.56 Å². The van der Waals surface area contributed by atoms with Gasteiger partial charge in [-0.15, -0.1) is 11.3 Å². The van der Waals surface area contributed by atoms with Crippen molar-refractivity contribution in [3.8, 4) is 0 Å². The summed E-state index contributed by atoms with van der Waals surface area (Å²) >= 11 is 1.73. The summed E-state index contributed by atoms with van der Waals surface area (Å²) in [5.41, 5.74) is 3.41. The molecule has 0 unspecified atom stereocenters. The Morgan fingerprint density at radius 1 is 1.44 bits per heavy atom. The highest BCUT2D eigenvalue weighted by Crippen LogP contribution is 2.26. The van der Waals surface area contributed by atoms with Crippen LogP contribution in [-0.4, -0.2) is 4.98 Å². The van der Waals surface area contributed by atoms with Gasteiger partial charge in [-0.25, -0.2) is 0 Å². The Labute approximate surface area is 99.3 Å². The largest absolute Gasteiger partial charge is 0.321 e. The van der Waals surface area contributed by atoms with E-state index in [4.69, 9.17) is 0 Å². The van der Waals surface area contributed by atoms with Crippen molar-refractivity contribution in [1.29, 1.82) is 0 Å². The second kappa shape index (κ2) is 4.42. The van der Waals surface area contributed by atoms with Gasteiger partial charge in [0.15, 0.2) is 0 Å². The van der Waals surface area contributed by atoms with Crippen LogP contribution in [0.2, 0.25) is 0 Å². The summed E-state index contributed by atoms with van der Waals surface area (Å²) in [6.07, 6.45) is 2.13. The monoisotopic (exact) mass is 235 g/mol. The van der Waals surface area contributed by atoms with E-state index >= 15 is 0 Å². The Morgan fingerprint density at radius 3 is 2.88 bits per heavy atom. The van der Waals surface area contributed by atoms with Gasteiger partial charge in [-0.05, 0) is 42.2 Å². The lowest BCUT2D eigenvalue weighted by atomic mass is 10.0. The SMILES string of the molecule is Cc1csc2c(CCC(C)C)cc(=O)[nH]c12. The molecule has 0 saturated heterocycles. The van der Waals surface area contributed by atoms with E-state index in [1.165, 1.54) is 15.8 Å². The lowest BCUT2D eigenvalue weighted by molar-refractivity contribution is 0.588. The molecule has 3 heteroatoms. The maximum atomic E-state index is 11.5. The van der Waals surface area contributed by atoms with E-state index in [1.54, 1.807) is 17.4 Å². The maximum Gasteiger partial charge on any atom is 0.248 e. The summed E-state index contributed by atoms with van der Waals surface area (Å²) in [5.74, 6) is 0.676. The van der Waals surface area contributed by atoms with Crippen molar-refractivity contribution < 1.29 is 0 Å². The number of fused-ring (bicyclic) bond motifs is 1. The molecule has 0 aliphatic rings. The number of nitrogens with one attached hydrogen (secondary N) is 1. The van der Waals surface area contributed by atoms with Gasteiger partial charge in [0, 0.05) is 6.07 Å². The fourth-order valence-electron chi connectivity index (χ4n) is 1.85. The van der Waals surface area contributed by atoms with Crippen molar-refractivity contribution in [2.24, 2.45) is 5.92 Å². The van der Waals surface area contributed by atoms with E-state index in [0.717, 1.165) is 18.4 Å². The Hall–Kier alpha value is -1.09. The van der Waals surface area contributed by atoms with Crippen molar-refractivity contribution in [1.82, 2.24) is 4.98 Å². The molecule has 2 rings (SSSR count). The molecule has 2 heterocycles. The number of aromatic nitrogens is 1. The average molecular weight is 235 g/mol. The minimum Gasteiger partial charge on any atom is -0.321 e. The van der Waals surface area contributed by atoms with E-state index in [1.807, 2.05) is 6.92 Å². The summed E-state index contributed by atoms with van der Waals surface area (Å²) in [6.45, 7) is 6.47. The number of thiophene rings is 1. The van der Waals surface area contributed by atoms with Crippen molar-refractivity contribution >= 4 is 21.6 Å². The molecule has 0 atom stereocenters. The van der Waals surface area contributed by atoms with Crippen LogP contribution in [0.5, 0.6) is 0 Å². The summed E-state index contributed by atoms with van der Waals surface area (Å²) in [6, 6.07) is 1.75. The lowest BCUT2D eigenvalue weighted by Crippen LogP contribution is -2.06. The van der Waals surface area contributed by atoms with E-state index in [0.29, 0.717) is 5.92 Å². The highest BCUT2D eigenvalue weighted by atomic mass is 32.1. The minimum absolute atomic E-state index is 0.0211. The van der Waals surface area contributed by atoms with Crippen LogP contribution >= 0.6 is 11.3 Å². The number of aromatic amines is 1. The first-order chi connectivity index (χ1) is 7.58. The Morgan fingerprint density at radius 2 is 2.19 bits per heavy atom.